The highest BCUT2D eigenvalue weighted by Gasteiger charge is 2.30. The molecule has 3 aromatic rings. The van der Waals surface area contributed by atoms with Crippen molar-refractivity contribution >= 4 is 23.5 Å². The Kier molecular flexibility index (Phi) is 5.09. The van der Waals surface area contributed by atoms with Gasteiger partial charge in [-0.25, -0.2) is 4.79 Å². The molecule has 1 aliphatic rings. The van der Waals surface area contributed by atoms with Crippen LogP contribution in [0.2, 0.25) is 0 Å². The fourth-order valence-electron chi connectivity index (χ4n) is 3.35. The van der Waals surface area contributed by atoms with Gasteiger partial charge in [0.2, 0.25) is 5.78 Å². The molecule has 0 aromatic heterocycles. The van der Waals surface area contributed by atoms with Gasteiger partial charge in [-0.3, -0.25) is 14.9 Å². The molecule has 0 bridgehead atoms. The minimum Gasteiger partial charge on any atom is -0.452 e. The predicted molar refractivity (Wildman–Crippen MR) is 113 cm³/mol. The molecular formula is C24H17NO6. The number of Topliss-reactive ketones (excluding diaryl/α,β-unsaturated/α-hetero) is 1. The van der Waals surface area contributed by atoms with E-state index < -0.39 is 10.9 Å². The largest absolute Gasteiger partial charge is 0.452 e. The fourth-order valence-corrected chi connectivity index (χ4v) is 3.35. The highest BCUT2D eigenvalue weighted by molar-refractivity contribution is 6.15. The average Bonchev–Trinajstić information content (AvgIpc) is 3.03. The van der Waals surface area contributed by atoms with Crippen molar-refractivity contribution < 1.29 is 24.0 Å². The number of esters is 1. The summed E-state index contributed by atoms with van der Waals surface area (Å²) in [7, 11) is 0. The molecule has 1 heterocycles. The van der Waals surface area contributed by atoms with Crippen molar-refractivity contribution in [1.29, 1.82) is 0 Å². The highest BCUT2D eigenvalue weighted by Crippen LogP contribution is 2.38. The minimum absolute atomic E-state index is 0.0424. The lowest BCUT2D eigenvalue weighted by molar-refractivity contribution is -0.384. The zero-order valence-corrected chi connectivity index (χ0v) is 16.7. The van der Waals surface area contributed by atoms with Crippen LogP contribution in [0.1, 0.15) is 37.4 Å². The summed E-state index contributed by atoms with van der Waals surface area (Å²) in [6, 6.07) is 16.0. The van der Waals surface area contributed by atoms with E-state index in [1.54, 1.807) is 37.3 Å². The molecule has 3 aromatic carbocycles. The summed E-state index contributed by atoms with van der Waals surface area (Å²) >= 11 is 0. The number of ketones is 1. The molecule has 0 radical (unpaired) electrons. The number of ether oxygens (including phenoxy) is 2. The number of nitro groups is 1. The van der Waals surface area contributed by atoms with Crippen LogP contribution in [0.3, 0.4) is 0 Å². The van der Waals surface area contributed by atoms with Crippen LogP contribution >= 0.6 is 0 Å². The lowest BCUT2D eigenvalue weighted by Crippen LogP contribution is -2.09. The van der Waals surface area contributed by atoms with Crippen LogP contribution in [-0.4, -0.2) is 16.7 Å². The smallest absolute Gasteiger partial charge is 0.343 e. The summed E-state index contributed by atoms with van der Waals surface area (Å²) in [5, 5.41) is 11.0. The van der Waals surface area contributed by atoms with E-state index in [2.05, 4.69) is 0 Å². The number of allylic oxidation sites excluding steroid dienone is 1. The van der Waals surface area contributed by atoms with E-state index in [1.807, 2.05) is 13.0 Å². The van der Waals surface area contributed by atoms with E-state index >= 15 is 0 Å². The second-order valence-electron chi connectivity index (χ2n) is 7.16. The molecule has 0 unspecified atom stereocenters. The molecule has 0 saturated carbocycles. The van der Waals surface area contributed by atoms with Crippen molar-refractivity contribution in [2.24, 2.45) is 0 Å². The Morgan fingerprint density at radius 3 is 2.58 bits per heavy atom. The average molecular weight is 415 g/mol. The Hall–Kier alpha value is -4.26. The van der Waals surface area contributed by atoms with Crippen LogP contribution in [0.15, 0.2) is 66.4 Å². The van der Waals surface area contributed by atoms with Crippen LogP contribution in [0.5, 0.6) is 11.5 Å². The second kappa shape index (κ2) is 7.87. The van der Waals surface area contributed by atoms with Crippen molar-refractivity contribution in [1.82, 2.24) is 0 Å². The van der Waals surface area contributed by atoms with E-state index in [0.717, 1.165) is 5.56 Å². The van der Waals surface area contributed by atoms with E-state index in [9.17, 15) is 19.7 Å². The van der Waals surface area contributed by atoms with Crippen molar-refractivity contribution in [3.63, 3.8) is 0 Å². The number of aryl methyl sites for hydroxylation is 2. The first-order valence-electron chi connectivity index (χ1n) is 9.44. The zero-order chi connectivity index (χ0) is 22.1. The number of carbonyl (C=O) groups excluding carboxylic acids is 2. The molecule has 4 rings (SSSR count). The third-order valence-corrected chi connectivity index (χ3v) is 4.79. The van der Waals surface area contributed by atoms with Gasteiger partial charge < -0.3 is 9.47 Å². The van der Waals surface area contributed by atoms with Gasteiger partial charge in [0.05, 0.1) is 16.1 Å². The Bertz CT molecular complexity index is 1270. The topological polar surface area (TPSA) is 95.7 Å². The quantitative estimate of drug-likeness (QED) is 0.195. The fraction of sp³-hybridized carbons (Fsp3) is 0.0833. The van der Waals surface area contributed by atoms with Gasteiger partial charge in [0.25, 0.3) is 5.69 Å². The summed E-state index contributed by atoms with van der Waals surface area (Å²) in [4.78, 5) is 35.7. The summed E-state index contributed by atoms with van der Waals surface area (Å²) in [6.45, 7) is 3.60. The molecule has 0 saturated heterocycles. The highest BCUT2D eigenvalue weighted by atomic mass is 16.6. The summed E-state index contributed by atoms with van der Waals surface area (Å²) in [5.41, 5.74) is 2.70. The monoisotopic (exact) mass is 415 g/mol. The molecule has 0 N–H and O–H groups in total. The maximum atomic E-state index is 12.8. The molecule has 31 heavy (non-hydrogen) atoms. The number of nitro benzene ring substituents is 1. The lowest BCUT2D eigenvalue weighted by atomic mass is 10.0. The van der Waals surface area contributed by atoms with Crippen molar-refractivity contribution in [3.05, 3.63) is 104 Å². The van der Waals surface area contributed by atoms with Gasteiger partial charge in [-0.15, -0.1) is 0 Å². The summed E-state index contributed by atoms with van der Waals surface area (Å²) in [5.74, 6) is -0.281. The van der Waals surface area contributed by atoms with Crippen LogP contribution in [0.25, 0.3) is 6.08 Å². The van der Waals surface area contributed by atoms with Crippen molar-refractivity contribution in [3.8, 4) is 11.5 Å². The number of hydrogen-bond donors (Lipinski definition) is 0. The zero-order valence-electron chi connectivity index (χ0n) is 16.7. The van der Waals surface area contributed by atoms with E-state index in [4.69, 9.17) is 9.47 Å². The number of rotatable bonds is 4. The molecule has 0 fully saturated rings. The van der Waals surface area contributed by atoms with Gasteiger partial charge in [-0.2, -0.15) is 0 Å². The van der Waals surface area contributed by atoms with Gasteiger partial charge in [0.1, 0.15) is 11.5 Å². The normalized spacial score (nSPS) is 13.6. The first kappa shape index (κ1) is 20.0. The Morgan fingerprint density at radius 1 is 1.06 bits per heavy atom. The maximum Gasteiger partial charge on any atom is 0.343 e. The molecule has 0 spiro atoms. The summed E-state index contributed by atoms with van der Waals surface area (Å²) < 4.78 is 11.2. The van der Waals surface area contributed by atoms with Crippen LogP contribution in [-0.2, 0) is 0 Å². The predicted octanol–water partition coefficient (Wildman–Crippen LogP) is 5.05. The second-order valence-corrected chi connectivity index (χ2v) is 7.16. The molecule has 0 atom stereocenters. The van der Waals surface area contributed by atoms with Gasteiger partial charge >= 0.3 is 5.97 Å². The number of fused-ring (bicyclic) bond motifs is 1. The van der Waals surface area contributed by atoms with Crippen LogP contribution in [0, 0.1) is 24.0 Å². The molecule has 154 valence electrons. The molecule has 0 amide bonds. The standard InChI is InChI=1S/C24H17NO6/c1-14-5-3-7-17(9-14)24(27)30-19-10-15(2)22-20(13-19)31-21(23(22)26)12-16-6-4-8-18(11-16)25(28)29/h3-13H,1-2H3/b21-12-. The van der Waals surface area contributed by atoms with Gasteiger partial charge in [0.15, 0.2) is 5.76 Å². The molecule has 7 heteroatoms. The van der Waals surface area contributed by atoms with Crippen LogP contribution < -0.4 is 9.47 Å². The third kappa shape index (κ3) is 4.06. The Balaban J connectivity index is 1.61. The van der Waals surface area contributed by atoms with E-state index in [-0.39, 0.29) is 28.7 Å². The number of hydrogen-bond acceptors (Lipinski definition) is 6. The molecule has 0 aliphatic carbocycles. The number of carbonyl (C=O) groups is 2. The van der Waals surface area contributed by atoms with Crippen molar-refractivity contribution in [2.75, 3.05) is 0 Å². The number of non-ortho nitro benzene ring substituents is 1. The SMILES string of the molecule is Cc1cccc(C(=O)Oc2cc(C)c3c(c2)O/C(=C\c2cccc([N+](=O)[O-])c2)C3=O)c1. The van der Waals surface area contributed by atoms with Gasteiger partial charge in [-0.1, -0.05) is 29.8 Å². The minimum atomic E-state index is -0.514. The maximum absolute atomic E-state index is 12.8. The first-order chi connectivity index (χ1) is 14.8. The molecule has 7 nitrogen and oxygen atoms in total. The molecular weight excluding hydrogens is 398 g/mol. The Morgan fingerprint density at radius 2 is 1.84 bits per heavy atom. The molecule has 1 aliphatic heterocycles. The van der Waals surface area contributed by atoms with Crippen LogP contribution in [0.4, 0.5) is 5.69 Å². The number of nitrogens with zero attached hydrogens (tertiary/aromatic N) is 1. The Labute approximate surface area is 177 Å². The third-order valence-electron chi connectivity index (χ3n) is 4.79. The lowest BCUT2D eigenvalue weighted by Gasteiger charge is -2.08. The van der Waals surface area contributed by atoms with E-state index in [1.165, 1.54) is 30.3 Å². The van der Waals surface area contributed by atoms with E-state index in [0.29, 0.717) is 22.3 Å². The van der Waals surface area contributed by atoms with Gasteiger partial charge in [-0.05, 0) is 49.2 Å². The van der Waals surface area contributed by atoms with Crippen molar-refractivity contribution in [2.45, 2.75) is 13.8 Å². The van der Waals surface area contributed by atoms with Gasteiger partial charge in [0, 0.05) is 18.2 Å². The first-order valence-corrected chi connectivity index (χ1v) is 9.44. The number of benzene rings is 3. The summed E-state index contributed by atoms with van der Waals surface area (Å²) in [6.07, 6.45) is 1.45.